The zero-order chi connectivity index (χ0) is 16.3. The van der Waals surface area contributed by atoms with Crippen molar-refractivity contribution in [3.05, 3.63) is 29.8 Å². The third-order valence-electron chi connectivity index (χ3n) is 4.56. The monoisotopic (exact) mass is 375 g/mol. The zero-order valence-electron chi connectivity index (χ0n) is 15.0. The molecule has 1 fully saturated rings. The molecule has 2 unspecified atom stereocenters. The third-order valence-corrected chi connectivity index (χ3v) is 4.56. The van der Waals surface area contributed by atoms with E-state index in [-0.39, 0.29) is 36.3 Å². The number of carbonyl (C=O) groups excluding carboxylic acids is 1. The lowest BCUT2D eigenvalue weighted by Crippen LogP contribution is -2.56. The maximum Gasteiger partial charge on any atom is 0.251 e. The van der Waals surface area contributed by atoms with Gasteiger partial charge in [-0.3, -0.25) is 9.69 Å². The van der Waals surface area contributed by atoms with E-state index in [9.17, 15) is 4.79 Å². The molecule has 1 aromatic carbocycles. The fourth-order valence-corrected chi connectivity index (χ4v) is 3.35. The highest BCUT2D eigenvalue weighted by atomic mass is 35.5. The average Bonchev–Trinajstić information content (AvgIpc) is 2.44. The minimum Gasteiger partial charge on any atom is -0.399 e. The quantitative estimate of drug-likeness (QED) is 0.790. The summed E-state index contributed by atoms with van der Waals surface area (Å²) in [5, 5.41) is 3.06. The van der Waals surface area contributed by atoms with Gasteiger partial charge in [-0.1, -0.05) is 19.9 Å². The summed E-state index contributed by atoms with van der Waals surface area (Å²) >= 11 is 0. The fraction of sp³-hybridized carbons (Fsp3) is 0.611. The topological polar surface area (TPSA) is 58.4 Å². The summed E-state index contributed by atoms with van der Waals surface area (Å²) < 4.78 is 0. The number of halogens is 2. The van der Waals surface area contributed by atoms with Crippen molar-refractivity contribution in [3.63, 3.8) is 0 Å². The van der Waals surface area contributed by atoms with Crippen LogP contribution in [0.2, 0.25) is 0 Å². The number of amides is 1. The molecular formula is C18H31Cl2N3O. The molecule has 6 heteroatoms. The van der Waals surface area contributed by atoms with Gasteiger partial charge < -0.3 is 11.1 Å². The summed E-state index contributed by atoms with van der Waals surface area (Å²) in [6, 6.07) is 7.11. The van der Waals surface area contributed by atoms with Crippen molar-refractivity contribution in [1.29, 1.82) is 0 Å². The second-order valence-electron chi connectivity index (χ2n) is 7.47. The van der Waals surface area contributed by atoms with Crippen molar-refractivity contribution in [2.24, 2.45) is 11.8 Å². The summed E-state index contributed by atoms with van der Waals surface area (Å²) in [5.74, 6) is 1.37. The first-order valence-electron chi connectivity index (χ1n) is 8.17. The highest BCUT2D eigenvalue weighted by Crippen LogP contribution is 2.26. The molecule has 0 saturated carbocycles. The number of anilines is 1. The van der Waals surface area contributed by atoms with Crippen LogP contribution in [0.15, 0.2) is 24.3 Å². The van der Waals surface area contributed by atoms with Gasteiger partial charge in [-0.2, -0.15) is 0 Å². The van der Waals surface area contributed by atoms with E-state index in [1.807, 2.05) is 6.07 Å². The number of piperidine rings is 1. The summed E-state index contributed by atoms with van der Waals surface area (Å²) in [7, 11) is 0. The van der Waals surface area contributed by atoms with Crippen molar-refractivity contribution in [2.75, 3.05) is 25.4 Å². The molecule has 1 aromatic rings. The smallest absolute Gasteiger partial charge is 0.251 e. The molecule has 2 atom stereocenters. The lowest BCUT2D eigenvalue weighted by atomic mass is 9.88. The van der Waals surface area contributed by atoms with Crippen LogP contribution < -0.4 is 11.1 Å². The molecule has 0 aromatic heterocycles. The second kappa shape index (κ2) is 9.50. The molecule has 1 saturated heterocycles. The van der Waals surface area contributed by atoms with Gasteiger partial charge >= 0.3 is 0 Å². The van der Waals surface area contributed by atoms with Gasteiger partial charge in [0.25, 0.3) is 5.91 Å². The minimum atomic E-state index is -0.0570. The molecule has 1 amide bonds. The van der Waals surface area contributed by atoms with Crippen molar-refractivity contribution in [3.8, 4) is 0 Å². The van der Waals surface area contributed by atoms with E-state index in [1.165, 1.54) is 6.42 Å². The third kappa shape index (κ3) is 6.15. The average molecular weight is 376 g/mol. The summed E-state index contributed by atoms with van der Waals surface area (Å²) in [5.41, 5.74) is 6.93. The van der Waals surface area contributed by atoms with Crippen LogP contribution in [0.5, 0.6) is 0 Å². The predicted molar refractivity (Wildman–Crippen MR) is 106 cm³/mol. The highest BCUT2D eigenvalue weighted by molar-refractivity contribution is 5.95. The number of hydrogen-bond acceptors (Lipinski definition) is 3. The van der Waals surface area contributed by atoms with Gasteiger partial charge in [-0.05, 0) is 50.3 Å². The van der Waals surface area contributed by atoms with E-state index in [0.29, 0.717) is 29.6 Å². The van der Waals surface area contributed by atoms with Gasteiger partial charge in [0.2, 0.25) is 0 Å². The van der Waals surface area contributed by atoms with Crippen LogP contribution in [0.1, 0.15) is 44.5 Å². The van der Waals surface area contributed by atoms with Crippen LogP contribution >= 0.6 is 24.8 Å². The van der Waals surface area contributed by atoms with Crippen LogP contribution in [0.25, 0.3) is 0 Å². The van der Waals surface area contributed by atoms with E-state index in [4.69, 9.17) is 5.73 Å². The molecule has 1 aliphatic rings. The normalized spacial score (nSPS) is 21.3. The molecule has 3 N–H and O–H groups in total. The van der Waals surface area contributed by atoms with Crippen molar-refractivity contribution in [2.45, 2.75) is 39.7 Å². The number of nitrogen functional groups attached to an aromatic ring is 1. The van der Waals surface area contributed by atoms with E-state index < -0.39 is 0 Å². The number of nitrogens with zero attached hydrogens (tertiary/aromatic N) is 1. The number of nitrogens with one attached hydrogen (secondary N) is 1. The minimum absolute atomic E-state index is 0. The summed E-state index contributed by atoms with van der Waals surface area (Å²) in [4.78, 5) is 14.8. The van der Waals surface area contributed by atoms with Crippen LogP contribution in [-0.4, -0.2) is 36.0 Å². The Kier molecular flexibility index (Phi) is 9.11. The number of carbonyl (C=O) groups is 1. The number of hydrogen-bond donors (Lipinski definition) is 2. The Morgan fingerprint density at radius 1 is 1.25 bits per heavy atom. The fourth-order valence-electron chi connectivity index (χ4n) is 3.35. The first-order chi connectivity index (χ1) is 10.3. The number of rotatable bonds is 4. The Morgan fingerprint density at radius 2 is 1.83 bits per heavy atom. The van der Waals surface area contributed by atoms with E-state index in [0.717, 1.165) is 13.1 Å². The maximum absolute atomic E-state index is 12.3. The Labute approximate surface area is 158 Å². The molecule has 4 nitrogen and oxygen atoms in total. The number of benzene rings is 1. The predicted octanol–water partition coefficient (Wildman–Crippen LogP) is 3.60. The van der Waals surface area contributed by atoms with Gasteiger partial charge in [0, 0.05) is 36.4 Å². The first-order valence-corrected chi connectivity index (χ1v) is 8.17. The Bertz CT molecular complexity index is 527. The van der Waals surface area contributed by atoms with Gasteiger partial charge in [0.05, 0.1) is 0 Å². The van der Waals surface area contributed by atoms with Gasteiger partial charge in [-0.25, -0.2) is 0 Å². The standard InChI is InChI=1S/C18H29N3O.2ClH/c1-13-8-14(2)11-21(10-13)18(3,4)12-20-17(22)15-6-5-7-16(19)9-15;;/h5-7,9,13-14H,8,10-12,19H2,1-4H3,(H,20,22);2*1H. The molecule has 24 heavy (non-hydrogen) atoms. The van der Waals surface area contributed by atoms with Crippen molar-refractivity contribution >= 4 is 36.4 Å². The van der Waals surface area contributed by atoms with Crippen LogP contribution in [0.4, 0.5) is 5.69 Å². The molecule has 1 heterocycles. The van der Waals surface area contributed by atoms with Crippen molar-refractivity contribution < 1.29 is 4.79 Å². The molecule has 0 spiro atoms. The number of likely N-dealkylation sites (tertiary alicyclic amines) is 1. The van der Waals surface area contributed by atoms with Gasteiger partial charge in [-0.15, -0.1) is 24.8 Å². The Balaban J connectivity index is 0.00000264. The Hall–Kier alpha value is -0.970. The molecule has 1 aliphatic heterocycles. The molecular weight excluding hydrogens is 345 g/mol. The number of nitrogens with two attached hydrogens (primary N) is 1. The van der Waals surface area contributed by atoms with Gasteiger partial charge in [0.1, 0.15) is 0 Å². The molecule has 2 rings (SSSR count). The van der Waals surface area contributed by atoms with E-state index in [2.05, 4.69) is 37.9 Å². The molecule has 138 valence electrons. The van der Waals surface area contributed by atoms with Crippen LogP contribution in [0, 0.1) is 11.8 Å². The van der Waals surface area contributed by atoms with Gasteiger partial charge in [0.15, 0.2) is 0 Å². The lowest BCUT2D eigenvalue weighted by molar-refractivity contribution is 0.0445. The zero-order valence-corrected chi connectivity index (χ0v) is 16.7. The molecule has 0 radical (unpaired) electrons. The SMILES string of the molecule is CC1CC(C)CN(C(C)(C)CNC(=O)c2cccc(N)c2)C1.Cl.Cl. The summed E-state index contributed by atoms with van der Waals surface area (Å²) in [6.45, 7) is 11.9. The van der Waals surface area contributed by atoms with Crippen LogP contribution in [0.3, 0.4) is 0 Å². The lowest BCUT2D eigenvalue weighted by Gasteiger charge is -2.45. The first kappa shape index (κ1) is 23.0. The Morgan fingerprint density at radius 3 is 2.38 bits per heavy atom. The largest absolute Gasteiger partial charge is 0.399 e. The second-order valence-corrected chi connectivity index (χ2v) is 7.47. The van der Waals surface area contributed by atoms with E-state index in [1.54, 1.807) is 18.2 Å². The molecule has 0 bridgehead atoms. The maximum atomic E-state index is 12.3. The van der Waals surface area contributed by atoms with E-state index >= 15 is 0 Å². The van der Waals surface area contributed by atoms with Crippen LogP contribution in [-0.2, 0) is 0 Å². The van der Waals surface area contributed by atoms with Crippen molar-refractivity contribution in [1.82, 2.24) is 10.2 Å². The molecule has 0 aliphatic carbocycles. The highest BCUT2D eigenvalue weighted by Gasteiger charge is 2.32. The summed E-state index contributed by atoms with van der Waals surface area (Å²) in [6.07, 6.45) is 1.29.